The van der Waals surface area contributed by atoms with Crippen LogP contribution in [-0.2, 0) is 13.0 Å². The third kappa shape index (κ3) is 2.62. The van der Waals surface area contributed by atoms with E-state index in [0.29, 0.717) is 5.92 Å². The van der Waals surface area contributed by atoms with E-state index in [-0.39, 0.29) is 0 Å². The van der Waals surface area contributed by atoms with Crippen molar-refractivity contribution in [3.05, 3.63) is 46.2 Å². The first kappa shape index (κ1) is 13.7. The molecular weight excluding hydrogens is 314 g/mol. The molecule has 106 valence electrons. The van der Waals surface area contributed by atoms with Crippen LogP contribution in [0.5, 0.6) is 0 Å². The molecule has 1 aromatic carbocycles. The van der Waals surface area contributed by atoms with Gasteiger partial charge in [0.15, 0.2) is 0 Å². The molecule has 0 fully saturated rings. The molecular formula is C16H20BrN3. The van der Waals surface area contributed by atoms with Crippen LogP contribution < -0.4 is 5.32 Å². The number of nitrogens with one attached hydrogen (secondary N) is 1. The molecule has 1 aromatic heterocycles. The molecule has 0 saturated carbocycles. The summed E-state index contributed by atoms with van der Waals surface area (Å²) < 4.78 is 3.29. The van der Waals surface area contributed by atoms with Crippen molar-refractivity contribution in [3.63, 3.8) is 0 Å². The molecule has 1 unspecified atom stereocenters. The normalized spacial score (nSPS) is 17.6. The van der Waals surface area contributed by atoms with E-state index < -0.39 is 0 Å². The van der Waals surface area contributed by atoms with Gasteiger partial charge >= 0.3 is 0 Å². The molecule has 0 aliphatic carbocycles. The van der Waals surface area contributed by atoms with Crippen LogP contribution in [0.4, 0.5) is 5.69 Å². The summed E-state index contributed by atoms with van der Waals surface area (Å²) in [4.78, 5) is 0. The van der Waals surface area contributed by atoms with Gasteiger partial charge in [-0.2, -0.15) is 5.10 Å². The van der Waals surface area contributed by atoms with Crippen molar-refractivity contribution in [1.82, 2.24) is 9.78 Å². The fourth-order valence-corrected chi connectivity index (χ4v) is 3.45. The summed E-state index contributed by atoms with van der Waals surface area (Å²) in [5.41, 5.74) is 4.06. The van der Waals surface area contributed by atoms with Crippen LogP contribution in [0.3, 0.4) is 0 Å². The standard InChI is InChI=1S/C16H20BrN3/c1-2-9-20-16(14(17)11-19-20)10-12-7-8-18-15-6-4-3-5-13(12)15/h3-6,11-12,18H,2,7-10H2,1H3. The van der Waals surface area contributed by atoms with Crippen molar-refractivity contribution >= 4 is 21.6 Å². The van der Waals surface area contributed by atoms with Crippen LogP contribution in [0.2, 0.25) is 0 Å². The Morgan fingerprint density at radius 2 is 2.25 bits per heavy atom. The lowest BCUT2D eigenvalue weighted by Gasteiger charge is -2.27. The largest absolute Gasteiger partial charge is 0.385 e. The predicted molar refractivity (Wildman–Crippen MR) is 86.2 cm³/mol. The maximum atomic E-state index is 4.48. The Morgan fingerprint density at radius 3 is 3.10 bits per heavy atom. The number of hydrogen-bond acceptors (Lipinski definition) is 2. The summed E-state index contributed by atoms with van der Waals surface area (Å²) in [6, 6.07) is 8.67. The number of nitrogens with zero attached hydrogens (tertiary/aromatic N) is 2. The second-order valence-electron chi connectivity index (χ2n) is 5.37. The predicted octanol–water partition coefficient (Wildman–Crippen LogP) is 4.20. The minimum atomic E-state index is 0.580. The van der Waals surface area contributed by atoms with E-state index in [1.165, 1.54) is 23.4 Å². The Balaban J connectivity index is 1.87. The van der Waals surface area contributed by atoms with Crippen molar-refractivity contribution in [2.75, 3.05) is 11.9 Å². The molecule has 0 saturated heterocycles. The molecule has 1 aliphatic rings. The molecule has 1 aliphatic heterocycles. The first-order valence-electron chi connectivity index (χ1n) is 7.32. The Hall–Kier alpha value is -1.29. The monoisotopic (exact) mass is 333 g/mol. The lowest BCUT2D eigenvalue weighted by atomic mass is 9.87. The van der Waals surface area contributed by atoms with E-state index in [0.717, 1.165) is 30.4 Å². The van der Waals surface area contributed by atoms with Crippen LogP contribution in [0.1, 0.15) is 36.9 Å². The Labute approximate surface area is 128 Å². The first-order chi connectivity index (χ1) is 9.79. The van der Waals surface area contributed by atoms with Crippen LogP contribution in [0.15, 0.2) is 34.9 Å². The van der Waals surface area contributed by atoms with Crippen molar-refractivity contribution in [2.45, 2.75) is 38.6 Å². The Morgan fingerprint density at radius 1 is 1.40 bits per heavy atom. The molecule has 2 aromatic rings. The van der Waals surface area contributed by atoms with Gasteiger partial charge < -0.3 is 5.32 Å². The smallest absolute Gasteiger partial charge is 0.0635 e. The van der Waals surface area contributed by atoms with Crippen molar-refractivity contribution in [1.29, 1.82) is 0 Å². The maximum absolute atomic E-state index is 4.48. The Bertz CT molecular complexity index is 591. The lowest BCUT2D eigenvalue weighted by Crippen LogP contribution is -2.19. The van der Waals surface area contributed by atoms with E-state index >= 15 is 0 Å². The number of anilines is 1. The molecule has 1 N–H and O–H groups in total. The number of aromatic nitrogens is 2. The van der Waals surface area contributed by atoms with Gasteiger partial charge in [-0.3, -0.25) is 4.68 Å². The molecule has 20 heavy (non-hydrogen) atoms. The van der Waals surface area contributed by atoms with Crippen LogP contribution >= 0.6 is 15.9 Å². The SMILES string of the molecule is CCCn1ncc(Br)c1CC1CCNc2ccccc21. The van der Waals surface area contributed by atoms with Gasteiger partial charge in [-0.15, -0.1) is 0 Å². The van der Waals surface area contributed by atoms with Gasteiger partial charge in [0.05, 0.1) is 16.4 Å². The third-order valence-corrected chi connectivity index (χ3v) is 4.64. The van der Waals surface area contributed by atoms with Crippen LogP contribution in [0.25, 0.3) is 0 Å². The second-order valence-corrected chi connectivity index (χ2v) is 6.22. The van der Waals surface area contributed by atoms with E-state index in [1.807, 2.05) is 6.20 Å². The van der Waals surface area contributed by atoms with E-state index in [1.54, 1.807) is 0 Å². The minimum Gasteiger partial charge on any atom is -0.385 e. The molecule has 4 heteroatoms. The summed E-state index contributed by atoms with van der Waals surface area (Å²) in [7, 11) is 0. The average molecular weight is 334 g/mol. The molecule has 3 rings (SSSR count). The molecule has 1 atom stereocenters. The lowest BCUT2D eigenvalue weighted by molar-refractivity contribution is 0.537. The highest BCUT2D eigenvalue weighted by Crippen LogP contribution is 2.35. The molecule has 0 radical (unpaired) electrons. The van der Waals surface area contributed by atoms with Gasteiger partial charge in [0.2, 0.25) is 0 Å². The summed E-state index contributed by atoms with van der Waals surface area (Å²) >= 11 is 3.65. The number of benzene rings is 1. The summed E-state index contributed by atoms with van der Waals surface area (Å²) in [6.45, 7) is 4.24. The summed E-state index contributed by atoms with van der Waals surface area (Å²) in [5.74, 6) is 0.580. The third-order valence-electron chi connectivity index (χ3n) is 3.98. The van der Waals surface area contributed by atoms with Crippen molar-refractivity contribution in [3.8, 4) is 0 Å². The van der Waals surface area contributed by atoms with Crippen molar-refractivity contribution < 1.29 is 0 Å². The van der Waals surface area contributed by atoms with Gasteiger partial charge in [-0.1, -0.05) is 25.1 Å². The Kier molecular flexibility index (Phi) is 4.10. The number of halogens is 1. The number of hydrogen-bond donors (Lipinski definition) is 1. The molecule has 0 bridgehead atoms. The van der Waals surface area contributed by atoms with Gasteiger partial charge in [-0.25, -0.2) is 0 Å². The highest BCUT2D eigenvalue weighted by Gasteiger charge is 2.22. The van der Waals surface area contributed by atoms with Crippen LogP contribution in [-0.4, -0.2) is 16.3 Å². The fourth-order valence-electron chi connectivity index (χ4n) is 2.99. The molecule has 2 heterocycles. The zero-order valence-corrected chi connectivity index (χ0v) is 13.4. The van der Waals surface area contributed by atoms with Crippen LogP contribution in [0, 0.1) is 0 Å². The second kappa shape index (κ2) is 6.00. The molecule has 0 spiro atoms. The quantitative estimate of drug-likeness (QED) is 0.908. The molecule has 0 amide bonds. The zero-order valence-electron chi connectivity index (χ0n) is 11.8. The fraction of sp³-hybridized carbons (Fsp3) is 0.438. The number of aryl methyl sites for hydroxylation is 1. The zero-order chi connectivity index (χ0) is 13.9. The van der Waals surface area contributed by atoms with Crippen molar-refractivity contribution in [2.24, 2.45) is 0 Å². The van der Waals surface area contributed by atoms with E-state index in [2.05, 4.69) is 62.2 Å². The number of rotatable bonds is 4. The molecule has 3 nitrogen and oxygen atoms in total. The number of para-hydroxylation sites is 1. The van der Waals surface area contributed by atoms with Gasteiger partial charge in [0, 0.05) is 18.8 Å². The highest BCUT2D eigenvalue weighted by atomic mass is 79.9. The van der Waals surface area contributed by atoms with E-state index in [4.69, 9.17) is 0 Å². The van der Waals surface area contributed by atoms with Gasteiger partial charge in [0.1, 0.15) is 0 Å². The summed E-state index contributed by atoms with van der Waals surface area (Å²) in [5, 5.41) is 7.97. The first-order valence-corrected chi connectivity index (χ1v) is 8.12. The topological polar surface area (TPSA) is 29.9 Å². The van der Waals surface area contributed by atoms with Gasteiger partial charge in [-0.05, 0) is 52.7 Å². The van der Waals surface area contributed by atoms with E-state index in [9.17, 15) is 0 Å². The summed E-state index contributed by atoms with van der Waals surface area (Å²) in [6.07, 6.45) is 5.28. The minimum absolute atomic E-state index is 0.580. The highest BCUT2D eigenvalue weighted by molar-refractivity contribution is 9.10. The van der Waals surface area contributed by atoms with Gasteiger partial charge in [0.25, 0.3) is 0 Å². The maximum Gasteiger partial charge on any atom is 0.0635 e. The number of fused-ring (bicyclic) bond motifs is 1. The average Bonchev–Trinajstić information content (AvgIpc) is 2.81.